The second-order valence-corrected chi connectivity index (χ2v) is 4.61. The molecule has 118 valence electrons. The maximum absolute atomic E-state index is 11.4. The highest BCUT2D eigenvalue weighted by Crippen LogP contribution is 2.28. The fraction of sp³-hybridized carbons (Fsp3) is 0.923. The van der Waals surface area contributed by atoms with Crippen LogP contribution in [-0.2, 0) is 33.2 Å². The highest BCUT2D eigenvalue weighted by atomic mass is 16.7. The molecule has 1 saturated heterocycles. The Balaban J connectivity index is 2.82. The monoisotopic (exact) mass is 292 g/mol. The van der Waals surface area contributed by atoms with Crippen molar-refractivity contribution in [1.82, 2.24) is 0 Å². The van der Waals surface area contributed by atoms with Gasteiger partial charge in [-0.3, -0.25) is 0 Å². The molecule has 0 aromatic carbocycles. The lowest BCUT2D eigenvalue weighted by Gasteiger charge is -2.44. The van der Waals surface area contributed by atoms with Gasteiger partial charge in [-0.25, -0.2) is 4.79 Å². The maximum Gasteiger partial charge on any atom is 0.334 e. The fourth-order valence-corrected chi connectivity index (χ4v) is 2.35. The van der Waals surface area contributed by atoms with Gasteiger partial charge < -0.3 is 28.4 Å². The maximum atomic E-state index is 11.4. The Morgan fingerprint density at radius 3 is 2.00 bits per heavy atom. The first-order valence-corrected chi connectivity index (χ1v) is 6.47. The van der Waals surface area contributed by atoms with Gasteiger partial charge in [0, 0.05) is 21.3 Å². The van der Waals surface area contributed by atoms with Gasteiger partial charge in [0.15, 0.2) is 12.4 Å². The van der Waals surface area contributed by atoms with E-state index < -0.39 is 24.5 Å². The number of carbonyl (C=O) groups excluding carboxylic acids is 1. The number of rotatable bonds is 6. The van der Waals surface area contributed by atoms with Gasteiger partial charge in [-0.1, -0.05) is 0 Å². The minimum atomic E-state index is -0.758. The van der Waals surface area contributed by atoms with Crippen LogP contribution >= 0.6 is 0 Å². The van der Waals surface area contributed by atoms with E-state index >= 15 is 0 Å². The summed E-state index contributed by atoms with van der Waals surface area (Å²) in [5.74, 6) is -0.473. The number of ether oxygens (including phenoxy) is 6. The third kappa shape index (κ3) is 3.67. The van der Waals surface area contributed by atoms with Crippen molar-refractivity contribution in [1.29, 1.82) is 0 Å². The molecule has 0 aliphatic carbocycles. The van der Waals surface area contributed by atoms with Crippen LogP contribution in [0.2, 0.25) is 0 Å². The molecule has 6 atom stereocenters. The molecule has 1 rings (SSSR count). The van der Waals surface area contributed by atoms with E-state index in [9.17, 15) is 4.79 Å². The lowest BCUT2D eigenvalue weighted by molar-refractivity contribution is -0.312. The Morgan fingerprint density at radius 1 is 1.00 bits per heavy atom. The second-order valence-electron chi connectivity index (χ2n) is 4.61. The first-order chi connectivity index (χ1) is 9.49. The smallest absolute Gasteiger partial charge is 0.334 e. The first kappa shape index (κ1) is 17.3. The van der Waals surface area contributed by atoms with Gasteiger partial charge in [0.1, 0.15) is 18.3 Å². The van der Waals surface area contributed by atoms with E-state index in [1.807, 2.05) is 6.92 Å². The lowest BCUT2D eigenvalue weighted by Crippen LogP contribution is -2.60. The van der Waals surface area contributed by atoms with E-state index in [1.165, 1.54) is 14.2 Å². The molecule has 0 amide bonds. The zero-order valence-electron chi connectivity index (χ0n) is 12.8. The minimum Gasteiger partial charge on any atom is -0.467 e. The zero-order chi connectivity index (χ0) is 15.3. The van der Waals surface area contributed by atoms with Crippen LogP contribution in [0, 0.1) is 0 Å². The molecule has 1 aliphatic heterocycles. The summed E-state index contributed by atoms with van der Waals surface area (Å²) < 4.78 is 32.2. The zero-order valence-corrected chi connectivity index (χ0v) is 12.8. The highest BCUT2D eigenvalue weighted by Gasteiger charge is 2.46. The van der Waals surface area contributed by atoms with Crippen molar-refractivity contribution in [2.24, 2.45) is 0 Å². The molecule has 0 unspecified atom stereocenters. The van der Waals surface area contributed by atoms with Gasteiger partial charge in [0.25, 0.3) is 0 Å². The molecule has 0 saturated carbocycles. The predicted molar refractivity (Wildman–Crippen MR) is 69.3 cm³/mol. The second kappa shape index (κ2) is 7.90. The van der Waals surface area contributed by atoms with Crippen molar-refractivity contribution < 1.29 is 33.2 Å². The third-order valence-electron chi connectivity index (χ3n) is 3.42. The summed E-state index contributed by atoms with van der Waals surface area (Å²) >= 11 is 0. The topological polar surface area (TPSA) is 72.5 Å². The van der Waals surface area contributed by atoms with Crippen LogP contribution in [-0.4, -0.2) is 71.2 Å². The number of carbonyl (C=O) groups is 1. The summed E-state index contributed by atoms with van der Waals surface area (Å²) in [4.78, 5) is 11.4. The van der Waals surface area contributed by atoms with Crippen LogP contribution in [0.1, 0.15) is 13.8 Å². The standard InChI is InChI=1S/C13H24O7/c1-7-9(15-3)10(16-4)11(17-5)13(19-7)20-8(2)12(14)18-6/h7-11,13H,1-6H3/t7-,8-,9-,10+,11+,13+/m0/s1. The Hall–Kier alpha value is -0.730. The molecule has 0 radical (unpaired) electrons. The van der Waals surface area contributed by atoms with Gasteiger partial charge in [-0.05, 0) is 13.8 Å². The van der Waals surface area contributed by atoms with Crippen molar-refractivity contribution >= 4 is 5.97 Å². The molecule has 0 spiro atoms. The molecule has 7 heteroatoms. The average molecular weight is 292 g/mol. The van der Waals surface area contributed by atoms with Gasteiger partial charge >= 0.3 is 5.97 Å². The summed E-state index contributed by atoms with van der Waals surface area (Å²) in [5.41, 5.74) is 0. The molecule has 1 fully saturated rings. The predicted octanol–water partition coefficient (Wildman–Crippen LogP) is 0.354. The van der Waals surface area contributed by atoms with Crippen molar-refractivity contribution in [3.8, 4) is 0 Å². The molecule has 0 N–H and O–H groups in total. The SMILES string of the molecule is COC(=O)[C@H](C)O[C@H]1O[C@@H](C)[C@H](OC)[C@@H](OC)[C@H]1OC. The van der Waals surface area contributed by atoms with E-state index in [4.69, 9.17) is 23.7 Å². The van der Waals surface area contributed by atoms with Gasteiger partial charge in [0.2, 0.25) is 0 Å². The highest BCUT2D eigenvalue weighted by molar-refractivity contribution is 5.73. The van der Waals surface area contributed by atoms with Crippen LogP contribution in [0.4, 0.5) is 0 Å². The normalized spacial score (nSPS) is 35.6. The van der Waals surface area contributed by atoms with Crippen molar-refractivity contribution in [2.75, 3.05) is 28.4 Å². The third-order valence-corrected chi connectivity index (χ3v) is 3.42. The molecular weight excluding hydrogens is 268 g/mol. The van der Waals surface area contributed by atoms with Crippen LogP contribution < -0.4 is 0 Å². The first-order valence-electron chi connectivity index (χ1n) is 6.47. The largest absolute Gasteiger partial charge is 0.467 e. The van der Waals surface area contributed by atoms with Gasteiger partial charge in [-0.2, -0.15) is 0 Å². The molecule has 0 aromatic heterocycles. The van der Waals surface area contributed by atoms with E-state index in [0.717, 1.165) is 0 Å². The Morgan fingerprint density at radius 2 is 1.55 bits per heavy atom. The number of methoxy groups -OCH3 is 4. The molecule has 0 aromatic rings. The van der Waals surface area contributed by atoms with E-state index in [2.05, 4.69) is 4.74 Å². The Bertz CT molecular complexity index is 309. The number of esters is 1. The van der Waals surface area contributed by atoms with Crippen LogP contribution in [0.15, 0.2) is 0 Å². The summed E-state index contributed by atoms with van der Waals surface area (Å²) in [6, 6.07) is 0. The summed E-state index contributed by atoms with van der Waals surface area (Å²) in [6.07, 6.45) is -2.90. The summed E-state index contributed by atoms with van der Waals surface area (Å²) in [5, 5.41) is 0. The van der Waals surface area contributed by atoms with E-state index in [-0.39, 0.29) is 18.3 Å². The van der Waals surface area contributed by atoms with Crippen molar-refractivity contribution in [2.45, 2.75) is 50.7 Å². The Kier molecular flexibility index (Phi) is 6.84. The van der Waals surface area contributed by atoms with Crippen LogP contribution in [0.25, 0.3) is 0 Å². The van der Waals surface area contributed by atoms with Gasteiger partial charge in [0.05, 0.1) is 13.2 Å². The van der Waals surface area contributed by atoms with Crippen molar-refractivity contribution in [3.05, 3.63) is 0 Å². The summed E-state index contributed by atoms with van der Waals surface area (Å²) in [7, 11) is 5.99. The Labute approximate surface area is 119 Å². The summed E-state index contributed by atoms with van der Waals surface area (Å²) in [6.45, 7) is 3.45. The number of hydrogen-bond acceptors (Lipinski definition) is 7. The van der Waals surface area contributed by atoms with Gasteiger partial charge in [-0.15, -0.1) is 0 Å². The average Bonchev–Trinajstić information content (AvgIpc) is 2.45. The molecule has 7 nitrogen and oxygen atoms in total. The van der Waals surface area contributed by atoms with Crippen LogP contribution in [0.5, 0.6) is 0 Å². The molecule has 0 bridgehead atoms. The number of hydrogen-bond donors (Lipinski definition) is 0. The minimum absolute atomic E-state index is 0.258. The molecule has 1 heterocycles. The van der Waals surface area contributed by atoms with E-state index in [1.54, 1.807) is 21.1 Å². The lowest BCUT2D eigenvalue weighted by atomic mass is 9.99. The molecule has 20 heavy (non-hydrogen) atoms. The van der Waals surface area contributed by atoms with E-state index in [0.29, 0.717) is 0 Å². The quantitative estimate of drug-likeness (QED) is 0.654. The van der Waals surface area contributed by atoms with Crippen LogP contribution in [0.3, 0.4) is 0 Å². The molecule has 1 aliphatic rings. The fourth-order valence-electron chi connectivity index (χ4n) is 2.35. The molecular formula is C13H24O7. The van der Waals surface area contributed by atoms with Crippen molar-refractivity contribution in [3.63, 3.8) is 0 Å².